The third kappa shape index (κ3) is 4.47. The molecule has 4 heteroatoms. The van der Waals surface area contributed by atoms with E-state index in [-0.39, 0.29) is 23.8 Å². The lowest BCUT2D eigenvalue weighted by molar-refractivity contribution is -0.117. The number of carbonyl (C=O) groups excluding carboxylic acids is 2. The molecule has 1 aliphatic carbocycles. The lowest BCUT2D eigenvalue weighted by Gasteiger charge is -2.27. The molecule has 1 fully saturated rings. The van der Waals surface area contributed by atoms with Crippen molar-refractivity contribution in [3.05, 3.63) is 65.7 Å². The minimum Gasteiger partial charge on any atom is -0.332 e. The van der Waals surface area contributed by atoms with E-state index < -0.39 is 0 Å². The van der Waals surface area contributed by atoms with Crippen molar-refractivity contribution in [2.45, 2.75) is 39.3 Å². The Morgan fingerprint density at radius 1 is 1.08 bits per heavy atom. The molecule has 0 radical (unpaired) electrons. The quantitative estimate of drug-likeness (QED) is 0.864. The van der Waals surface area contributed by atoms with Gasteiger partial charge in [-0.2, -0.15) is 0 Å². The lowest BCUT2D eigenvalue weighted by atomic mass is 10.1. The first kappa shape index (κ1) is 17.2. The molecule has 4 nitrogen and oxygen atoms in total. The molecule has 1 aliphatic rings. The second kappa shape index (κ2) is 7.51. The van der Waals surface area contributed by atoms with Gasteiger partial charge in [0.05, 0.1) is 0 Å². The van der Waals surface area contributed by atoms with Gasteiger partial charge in [-0.05, 0) is 50.5 Å². The van der Waals surface area contributed by atoms with Gasteiger partial charge in [0.15, 0.2) is 0 Å². The zero-order chi connectivity index (χ0) is 17.8. The van der Waals surface area contributed by atoms with Gasteiger partial charge in [0.25, 0.3) is 5.91 Å². The molecular formula is C21H24N2O2. The third-order valence-electron chi connectivity index (χ3n) is 4.41. The Bertz CT molecular complexity index is 752. The van der Waals surface area contributed by atoms with E-state index >= 15 is 0 Å². The number of hydrogen-bond donors (Lipinski definition) is 1. The molecule has 2 aromatic rings. The van der Waals surface area contributed by atoms with Gasteiger partial charge in [0.2, 0.25) is 5.91 Å². The summed E-state index contributed by atoms with van der Waals surface area (Å²) in [6.07, 6.45) is 1.92. The van der Waals surface area contributed by atoms with Crippen LogP contribution in [0.3, 0.4) is 0 Å². The topological polar surface area (TPSA) is 49.4 Å². The van der Waals surface area contributed by atoms with E-state index in [0.717, 1.165) is 18.4 Å². The summed E-state index contributed by atoms with van der Waals surface area (Å²) in [6.45, 7) is 4.59. The van der Waals surface area contributed by atoms with Crippen molar-refractivity contribution in [2.75, 3.05) is 5.32 Å². The molecule has 25 heavy (non-hydrogen) atoms. The first-order chi connectivity index (χ1) is 12.0. The minimum absolute atomic E-state index is 0.0265. The van der Waals surface area contributed by atoms with Crippen LogP contribution in [0.4, 0.5) is 5.69 Å². The number of nitrogens with zero attached hydrogens (tertiary/aromatic N) is 1. The lowest BCUT2D eigenvalue weighted by Crippen LogP contribution is -2.36. The van der Waals surface area contributed by atoms with Gasteiger partial charge in [-0.3, -0.25) is 9.59 Å². The van der Waals surface area contributed by atoms with Crippen LogP contribution in [0.1, 0.15) is 42.6 Å². The Morgan fingerprint density at radius 3 is 2.44 bits per heavy atom. The summed E-state index contributed by atoms with van der Waals surface area (Å²) in [6, 6.07) is 17.3. The molecule has 0 bridgehead atoms. The third-order valence-corrected chi connectivity index (χ3v) is 4.41. The number of amides is 2. The fourth-order valence-corrected chi connectivity index (χ4v) is 2.75. The maximum Gasteiger partial charge on any atom is 0.254 e. The van der Waals surface area contributed by atoms with Gasteiger partial charge in [-0.25, -0.2) is 0 Å². The normalized spacial score (nSPS) is 13.6. The molecule has 0 heterocycles. The summed E-state index contributed by atoms with van der Waals surface area (Å²) in [5.74, 6) is 0.167. The van der Waals surface area contributed by atoms with E-state index in [1.807, 2.05) is 61.2 Å². The Labute approximate surface area is 148 Å². The predicted octanol–water partition coefficient (Wildman–Crippen LogP) is 4.09. The molecule has 0 spiro atoms. The maximum absolute atomic E-state index is 13.0. The van der Waals surface area contributed by atoms with Crippen molar-refractivity contribution in [1.29, 1.82) is 0 Å². The van der Waals surface area contributed by atoms with E-state index in [4.69, 9.17) is 0 Å². The Morgan fingerprint density at radius 2 is 1.80 bits per heavy atom. The van der Waals surface area contributed by atoms with Crippen LogP contribution in [0.2, 0.25) is 0 Å². The average Bonchev–Trinajstić information content (AvgIpc) is 3.45. The first-order valence-electron chi connectivity index (χ1n) is 8.80. The van der Waals surface area contributed by atoms with E-state index in [2.05, 4.69) is 5.32 Å². The standard InChI is InChI=1S/C21H24N2O2/c1-15(2)23(14-16-7-4-3-5-8-16)21(25)18-9-6-10-19(13-18)22-20(24)17-11-12-17/h3-10,13,15,17H,11-12,14H2,1-2H3,(H,22,24). The summed E-state index contributed by atoms with van der Waals surface area (Å²) < 4.78 is 0. The number of anilines is 1. The zero-order valence-corrected chi connectivity index (χ0v) is 14.7. The number of nitrogens with one attached hydrogen (secondary N) is 1. The Balaban J connectivity index is 1.76. The highest BCUT2D eigenvalue weighted by Crippen LogP contribution is 2.30. The average molecular weight is 336 g/mol. The molecule has 0 atom stereocenters. The number of rotatable bonds is 6. The SMILES string of the molecule is CC(C)N(Cc1ccccc1)C(=O)c1cccc(NC(=O)C2CC2)c1. The maximum atomic E-state index is 13.0. The number of benzene rings is 2. The molecule has 0 unspecified atom stereocenters. The van der Waals surface area contributed by atoms with Crippen LogP contribution < -0.4 is 5.32 Å². The highest BCUT2D eigenvalue weighted by Gasteiger charge is 2.29. The van der Waals surface area contributed by atoms with Crippen molar-refractivity contribution in [2.24, 2.45) is 5.92 Å². The van der Waals surface area contributed by atoms with Crippen molar-refractivity contribution in [3.8, 4) is 0 Å². The van der Waals surface area contributed by atoms with Crippen molar-refractivity contribution < 1.29 is 9.59 Å². The van der Waals surface area contributed by atoms with Gasteiger partial charge in [-0.1, -0.05) is 36.4 Å². The largest absolute Gasteiger partial charge is 0.332 e. The summed E-state index contributed by atoms with van der Waals surface area (Å²) in [4.78, 5) is 26.8. The predicted molar refractivity (Wildman–Crippen MR) is 99.2 cm³/mol. The summed E-state index contributed by atoms with van der Waals surface area (Å²) in [7, 11) is 0. The minimum atomic E-state index is -0.0265. The molecule has 130 valence electrons. The van der Waals surface area contributed by atoms with E-state index in [1.165, 1.54) is 0 Å². The van der Waals surface area contributed by atoms with Gasteiger partial charge < -0.3 is 10.2 Å². The Kier molecular flexibility index (Phi) is 5.17. The zero-order valence-electron chi connectivity index (χ0n) is 14.7. The van der Waals surface area contributed by atoms with E-state index in [1.54, 1.807) is 12.1 Å². The van der Waals surface area contributed by atoms with Crippen LogP contribution in [0.15, 0.2) is 54.6 Å². The van der Waals surface area contributed by atoms with Crippen LogP contribution in [0, 0.1) is 5.92 Å². The van der Waals surface area contributed by atoms with E-state index in [0.29, 0.717) is 17.8 Å². The summed E-state index contributed by atoms with van der Waals surface area (Å²) >= 11 is 0. The van der Waals surface area contributed by atoms with Gasteiger partial charge >= 0.3 is 0 Å². The van der Waals surface area contributed by atoms with Gasteiger partial charge in [0.1, 0.15) is 0 Å². The molecule has 0 saturated heterocycles. The van der Waals surface area contributed by atoms with Gasteiger partial charge in [0, 0.05) is 29.8 Å². The number of carbonyl (C=O) groups is 2. The van der Waals surface area contributed by atoms with Crippen LogP contribution in [-0.4, -0.2) is 22.8 Å². The van der Waals surface area contributed by atoms with E-state index in [9.17, 15) is 9.59 Å². The highest BCUT2D eigenvalue weighted by atomic mass is 16.2. The molecule has 0 aliphatic heterocycles. The van der Waals surface area contributed by atoms with Crippen LogP contribution in [-0.2, 0) is 11.3 Å². The summed E-state index contributed by atoms with van der Waals surface area (Å²) in [5.41, 5.74) is 2.38. The molecule has 0 aromatic heterocycles. The van der Waals surface area contributed by atoms with Crippen molar-refractivity contribution in [3.63, 3.8) is 0 Å². The fraction of sp³-hybridized carbons (Fsp3) is 0.333. The first-order valence-corrected chi connectivity index (χ1v) is 8.80. The second-order valence-corrected chi connectivity index (χ2v) is 6.86. The second-order valence-electron chi connectivity index (χ2n) is 6.86. The van der Waals surface area contributed by atoms with Crippen LogP contribution in [0.5, 0.6) is 0 Å². The van der Waals surface area contributed by atoms with Crippen LogP contribution in [0.25, 0.3) is 0 Å². The fourth-order valence-electron chi connectivity index (χ4n) is 2.75. The Hall–Kier alpha value is -2.62. The number of hydrogen-bond acceptors (Lipinski definition) is 2. The van der Waals surface area contributed by atoms with Crippen LogP contribution >= 0.6 is 0 Å². The van der Waals surface area contributed by atoms with Gasteiger partial charge in [-0.15, -0.1) is 0 Å². The smallest absolute Gasteiger partial charge is 0.254 e. The monoisotopic (exact) mass is 336 g/mol. The molecule has 1 N–H and O–H groups in total. The van der Waals surface area contributed by atoms with Crippen molar-refractivity contribution in [1.82, 2.24) is 4.90 Å². The molecular weight excluding hydrogens is 312 g/mol. The summed E-state index contributed by atoms with van der Waals surface area (Å²) in [5, 5.41) is 2.91. The highest BCUT2D eigenvalue weighted by molar-refractivity contribution is 5.98. The molecule has 2 aromatic carbocycles. The molecule has 3 rings (SSSR count). The molecule has 2 amide bonds. The van der Waals surface area contributed by atoms with Crippen molar-refractivity contribution >= 4 is 17.5 Å². The molecule has 1 saturated carbocycles.